The van der Waals surface area contributed by atoms with Crippen LogP contribution in [-0.2, 0) is 9.59 Å². The molecule has 0 bridgehead atoms. The van der Waals surface area contributed by atoms with Gasteiger partial charge in [-0.2, -0.15) is 0 Å². The Morgan fingerprint density at radius 1 is 1.62 bits per heavy atom. The molecule has 0 aliphatic carbocycles. The van der Waals surface area contributed by atoms with E-state index in [0.29, 0.717) is 0 Å². The van der Waals surface area contributed by atoms with E-state index < -0.39 is 16.0 Å². The maximum atomic E-state index is 10.1. The van der Waals surface area contributed by atoms with Crippen LogP contribution in [0.25, 0.3) is 0 Å². The summed E-state index contributed by atoms with van der Waals surface area (Å²) in [6, 6.07) is 0. The molecule has 5 heteroatoms. The zero-order valence-electron chi connectivity index (χ0n) is 3.60. The van der Waals surface area contributed by atoms with E-state index in [2.05, 4.69) is 15.9 Å². The molecule has 1 unspecified atom stereocenters. The Labute approximate surface area is 58.8 Å². The molecule has 46 valence electrons. The molecule has 3 nitrogen and oxygen atoms in total. The van der Waals surface area contributed by atoms with E-state index in [1.807, 2.05) is 0 Å². The Kier molecular flexibility index (Phi) is 3.01. The van der Waals surface area contributed by atoms with Crippen LogP contribution in [-0.4, -0.2) is 21.1 Å². The summed E-state index contributed by atoms with van der Waals surface area (Å²) >= 11 is 7.58. The largest absolute Gasteiger partial charge is 0.475 e. The number of hydrogen-bond donors (Lipinski definition) is 1. The lowest BCUT2D eigenvalue weighted by molar-refractivity contribution is -0.148. The lowest BCUT2D eigenvalue weighted by atomic mass is 10.5. The number of carboxylic acid groups (broad SMARTS) is 1. The summed E-state index contributed by atoms with van der Waals surface area (Å²) in [5.41, 5.74) is 0. The van der Waals surface area contributed by atoms with E-state index in [-0.39, 0.29) is 0 Å². The molecule has 0 aliphatic rings. The van der Waals surface area contributed by atoms with Gasteiger partial charge in [0.1, 0.15) is 0 Å². The molecule has 1 N–H and O–H groups in total. The zero-order valence-corrected chi connectivity index (χ0v) is 5.94. The summed E-state index contributed by atoms with van der Waals surface area (Å²) in [5, 5.41) is 7.89. The molecule has 0 saturated heterocycles. The molecular weight excluding hydrogens is 199 g/mol. The number of carbonyl (C=O) groups excluding carboxylic acids is 1. The van der Waals surface area contributed by atoms with E-state index in [4.69, 9.17) is 16.7 Å². The van der Waals surface area contributed by atoms with Gasteiger partial charge in [0.25, 0.3) is 5.78 Å². The van der Waals surface area contributed by atoms with Crippen LogP contribution in [0.1, 0.15) is 0 Å². The second kappa shape index (κ2) is 3.04. The third-order valence-electron chi connectivity index (χ3n) is 0.409. The van der Waals surface area contributed by atoms with E-state index in [1.165, 1.54) is 0 Å². The van der Waals surface area contributed by atoms with Crippen molar-refractivity contribution < 1.29 is 14.7 Å². The average Bonchev–Trinajstić information content (AvgIpc) is 1.64. The van der Waals surface area contributed by atoms with Gasteiger partial charge >= 0.3 is 5.97 Å². The quantitative estimate of drug-likeness (QED) is 0.526. The second-order valence-corrected chi connectivity index (χ2v) is 2.85. The van der Waals surface area contributed by atoms with Crippen LogP contribution in [0.3, 0.4) is 0 Å². The molecule has 8 heavy (non-hydrogen) atoms. The summed E-state index contributed by atoms with van der Waals surface area (Å²) in [6.07, 6.45) is 0. The van der Waals surface area contributed by atoms with Gasteiger partial charge in [-0.25, -0.2) is 4.79 Å². The first-order valence-electron chi connectivity index (χ1n) is 1.61. The van der Waals surface area contributed by atoms with Crippen molar-refractivity contribution in [3.8, 4) is 0 Å². The summed E-state index contributed by atoms with van der Waals surface area (Å²) in [4.78, 5) is 19.7. The summed E-state index contributed by atoms with van der Waals surface area (Å²) < 4.78 is -1.11. The molecule has 0 aromatic rings. The minimum Gasteiger partial charge on any atom is -0.475 e. The summed E-state index contributed by atoms with van der Waals surface area (Å²) in [7, 11) is 0. The van der Waals surface area contributed by atoms with Crippen molar-refractivity contribution in [1.29, 1.82) is 0 Å². The molecule has 0 aromatic heterocycles. The Balaban J connectivity index is 3.84. The van der Waals surface area contributed by atoms with Crippen molar-refractivity contribution in [2.45, 2.75) is 4.29 Å². The SMILES string of the molecule is O=C(O)C(=O)C(Cl)Br. The molecular formula is C3H2BrClO3. The summed E-state index contributed by atoms with van der Waals surface area (Å²) in [6.45, 7) is 0. The van der Waals surface area contributed by atoms with E-state index in [0.717, 1.165) is 0 Å². The van der Waals surface area contributed by atoms with Gasteiger partial charge in [0.2, 0.25) is 0 Å². The van der Waals surface area contributed by atoms with E-state index in [1.54, 1.807) is 0 Å². The standard InChI is InChI=1S/C3H2BrClO3/c4-2(5)1(6)3(7)8/h2H,(H,7,8). The number of hydrogen-bond acceptors (Lipinski definition) is 2. The molecule has 0 aromatic carbocycles. The second-order valence-electron chi connectivity index (χ2n) is 0.970. The van der Waals surface area contributed by atoms with Crippen molar-refractivity contribution >= 4 is 39.3 Å². The van der Waals surface area contributed by atoms with Crippen molar-refractivity contribution in [2.75, 3.05) is 0 Å². The predicted molar refractivity (Wildman–Crippen MR) is 31.2 cm³/mol. The fourth-order valence-corrected chi connectivity index (χ4v) is 0.383. The van der Waals surface area contributed by atoms with Crippen molar-refractivity contribution in [2.24, 2.45) is 0 Å². The number of ketones is 1. The Morgan fingerprint density at radius 2 is 2.00 bits per heavy atom. The molecule has 0 fully saturated rings. The van der Waals surface area contributed by atoms with Crippen LogP contribution in [0, 0.1) is 0 Å². The highest BCUT2D eigenvalue weighted by atomic mass is 79.9. The molecule has 1 atom stereocenters. The van der Waals surface area contributed by atoms with Crippen LogP contribution in [0.5, 0.6) is 0 Å². The molecule has 0 radical (unpaired) electrons. The minimum absolute atomic E-state index is 1.05. The van der Waals surface area contributed by atoms with Gasteiger partial charge in [-0.3, -0.25) is 4.79 Å². The van der Waals surface area contributed by atoms with Crippen LogP contribution < -0.4 is 0 Å². The van der Waals surface area contributed by atoms with Gasteiger partial charge in [-0.15, -0.1) is 11.6 Å². The Bertz CT molecular complexity index is 122. The normalized spacial score (nSPS) is 12.8. The number of halogens is 2. The topological polar surface area (TPSA) is 54.4 Å². The molecule has 0 saturated carbocycles. The zero-order chi connectivity index (χ0) is 6.73. The molecule has 0 aliphatic heterocycles. The third-order valence-corrected chi connectivity index (χ3v) is 1.02. The third kappa shape index (κ3) is 2.28. The van der Waals surface area contributed by atoms with Crippen LogP contribution >= 0.6 is 27.5 Å². The summed E-state index contributed by atoms with van der Waals surface area (Å²) in [5.74, 6) is -2.58. The predicted octanol–water partition coefficient (Wildman–Crippen LogP) is 0.600. The van der Waals surface area contributed by atoms with Crippen LogP contribution in [0.4, 0.5) is 0 Å². The van der Waals surface area contributed by atoms with Gasteiger partial charge < -0.3 is 5.11 Å². The van der Waals surface area contributed by atoms with Gasteiger partial charge in [0, 0.05) is 0 Å². The minimum atomic E-state index is -1.53. The number of aliphatic carboxylic acids is 1. The molecule has 0 amide bonds. The lowest BCUT2D eigenvalue weighted by Gasteiger charge is -1.89. The maximum Gasteiger partial charge on any atom is 0.374 e. The average molecular weight is 201 g/mol. The van der Waals surface area contributed by atoms with E-state index in [9.17, 15) is 9.59 Å². The van der Waals surface area contributed by atoms with Gasteiger partial charge in [0.15, 0.2) is 4.29 Å². The molecule has 0 rings (SSSR count). The highest BCUT2D eigenvalue weighted by molar-refractivity contribution is 9.10. The molecule has 0 heterocycles. The van der Waals surface area contributed by atoms with Gasteiger partial charge in [-0.1, -0.05) is 15.9 Å². The number of Topliss-reactive ketones (excluding diaryl/α,β-unsaturated/α-hetero) is 1. The van der Waals surface area contributed by atoms with Crippen LogP contribution in [0.2, 0.25) is 0 Å². The van der Waals surface area contributed by atoms with Gasteiger partial charge in [0.05, 0.1) is 0 Å². The van der Waals surface area contributed by atoms with Gasteiger partial charge in [-0.05, 0) is 0 Å². The Morgan fingerprint density at radius 3 is 2.00 bits per heavy atom. The maximum absolute atomic E-state index is 10.1. The first kappa shape index (κ1) is 7.91. The van der Waals surface area contributed by atoms with Crippen molar-refractivity contribution in [3.63, 3.8) is 0 Å². The fraction of sp³-hybridized carbons (Fsp3) is 0.333. The fourth-order valence-electron chi connectivity index (χ4n) is 0.0933. The first-order chi connectivity index (χ1) is 3.55. The smallest absolute Gasteiger partial charge is 0.374 e. The highest BCUT2D eigenvalue weighted by Gasteiger charge is 2.18. The van der Waals surface area contributed by atoms with E-state index >= 15 is 0 Å². The van der Waals surface area contributed by atoms with Crippen molar-refractivity contribution in [1.82, 2.24) is 0 Å². The molecule has 0 spiro atoms. The number of alkyl halides is 2. The monoisotopic (exact) mass is 200 g/mol. The highest BCUT2D eigenvalue weighted by Crippen LogP contribution is 2.04. The first-order valence-corrected chi connectivity index (χ1v) is 2.96. The van der Waals surface area contributed by atoms with Crippen molar-refractivity contribution in [3.05, 3.63) is 0 Å². The van der Waals surface area contributed by atoms with Crippen LogP contribution in [0.15, 0.2) is 0 Å². The number of rotatable bonds is 2. The lowest BCUT2D eigenvalue weighted by Crippen LogP contribution is -2.18. The number of carbonyl (C=O) groups is 2. The Hall–Kier alpha value is -0.0900. The number of carboxylic acids is 1.